The highest BCUT2D eigenvalue weighted by Crippen LogP contribution is 2.50. The Balaban J connectivity index is 1.39. The van der Waals surface area contributed by atoms with Gasteiger partial charge in [0.15, 0.2) is 0 Å². The van der Waals surface area contributed by atoms with E-state index in [0.29, 0.717) is 16.7 Å². The Morgan fingerprint density at radius 2 is 1.65 bits per heavy atom. The van der Waals surface area contributed by atoms with Gasteiger partial charge in [-0.05, 0) is 35.4 Å². The van der Waals surface area contributed by atoms with Crippen molar-refractivity contribution in [1.29, 1.82) is 0 Å². The zero-order valence-corrected chi connectivity index (χ0v) is 20.9. The average molecular weight is 573 g/mol. The van der Waals surface area contributed by atoms with Crippen molar-refractivity contribution in [3.05, 3.63) is 98.2 Å². The molecule has 12 heteroatoms. The maximum atomic E-state index is 14.5. The van der Waals surface area contributed by atoms with Crippen LogP contribution in [0.5, 0.6) is 0 Å². The Hall–Kier alpha value is -2.88. The highest BCUT2D eigenvalue weighted by atomic mass is 35.5. The summed E-state index contributed by atoms with van der Waals surface area (Å²) in [6, 6.07) is 10.5. The lowest BCUT2D eigenvalue weighted by atomic mass is 9.86. The number of likely N-dealkylation sites (tertiary alicyclic amines) is 1. The van der Waals surface area contributed by atoms with Gasteiger partial charge >= 0.3 is 6.18 Å². The molecule has 3 atom stereocenters. The quantitative estimate of drug-likeness (QED) is 0.246. The molecule has 0 N–H and O–H groups in total. The van der Waals surface area contributed by atoms with Gasteiger partial charge in [-0.1, -0.05) is 64.2 Å². The van der Waals surface area contributed by atoms with Crippen molar-refractivity contribution < 1.29 is 27.2 Å². The van der Waals surface area contributed by atoms with Crippen LogP contribution in [-0.4, -0.2) is 40.4 Å². The molecule has 1 amide bonds. The number of pyridine rings is 1. The molecule has 0 radical (unpaired) electrons. The van der Waals surface area contributed by atoms with E-state index in [2.05, 4.69) is 10.1 Å². The second-order valence-corrected chi connectivity index (χ2v) is 9.85. The van der Waals surface area contributed by atoms with Crippen molar-refractivity contribution in [2.24, 2.45) is 5.16 Å². The fourth-order valence-corrected chi connectivity index (χ4v) is 5.03. The predicted octanol–water partition coefficient (Wildman–Crippen LogP) is 7.16. The first-order valence-corrected chi connectivity index (χ1v) is 12.1. The number of alkyl halides is 4. The van der Waals surface area contributed by atoms with E-state index in [0.717, 1.165) is 12.1 Å². The van der Waals surface area contributed by atoms with Crippen LogP contribution in [0.15, 0.2) is 66.1 Å². The van der Waals surface area contributed by atoms with E-state index in [1.54, 1.807) is 24.3 Å². The number of nitrogens with zero attached hydrogens (tertiary/aromatic N) is 3. The SMILES string of the molecule is O=C(c1ccncc1)N1CC(F)C1c1ccc(C2=NOC(c3cc(Cl)c(Cl)c(Cl)c3)(C(F)(F)F)C2)cc1. The van der Waals surface area contributed by atoms with Crippen LogP contribution in [-0.2, 0) is 10.4 Å². The first-order chi connectivity index (χ1) is 17.5. The van der Waals surface area contributed by atoms with E-state index in [1.165, 1.54) is 29.4 Å². The third-order valence-corrected chi connectivity index (χ3v) is 7.66. The zero-order chi connectivity index (χ0) is 26.5. The molecule has 0 bridgehead atoms. The zero-order valence-electron chi connectivity index (χ0n) is 18.6. The Kier molecular flexibility index (Phi) is 6.58. The molecule has 2 aromatic carbocycles. The summed E-state index contributed by atoms with van der Waals surface area (Å²) in [4.78, 5) is 23.0. The molecule has 1 saturated heterocycles. The third-order valence-electron chi connectivity index (χ3n) is 6.46. The van der Waals surface area contributed by atoms with E-state index in [9.17, 15) is 22.4 Å². The van der Waals surface area contributed by atoms with Crippen molar-refractivity contribution in [3.63, 3.8) is 0 Å². The number of halogens is 7. The third kappa shape index (κ3) is 4.43. The van der Waals surface area contributed by atoms with Gasteiger partial charge in [0.1, 0.15) is 6.17 Å². The molecule has 3 aromatic rings. The number of hydrogen-bond donors (Lipinski definition) is 0. The monoisotopic (exact) mass is 571 g/mol. The van der Waals surface area contributed by atoms with Crippen molar-refractivity contribution in [1.82, 2.24) is 9.88 Å². The summed E-state index contributed by atoms with van der Waals surface area (Å²) < 4.78 is 57.3. The highest BCUT2D eigenvalue weighted by Gasteiger charge is 2.62. The summed E-state index contributed by atoms with van der Waals surface area (Å²) >= 11 is 17.9. The van der Waals surface area contributed by atoms with Gasteiger partial charge in [0.25, 0.3) is 11.5 Å². The molecular formula is C25H16Cl3F4N3O2. The van der Waals surface area contributed by atoms with Crippen LogP contribution in [0.2, 0.25) is 15.1 Å². The van der Waals surface area contributed by atoms with E-state index >= 15 is 0 Å². The molecule has 3 heterocycles. The Bertz CT molecular complexity index is 1360. The number of oxime groups is 1. The lowest BCUT2D eigenvalue weighted by Gasteiger charge is -2.44. The standard InChI is InChI=1S/C25H16Cl3F4N3O2/c26-17-9-16(10-18(27)21(17)28)24(25(30,31)32)11-20(34-37-24)13-1-3-14(4-2-13)22-19(29)12-35(22)23(36)15-5-7-33-8-6-15/h1-10,19,22H,11-12H2. The Morgan fingerprint density at radius 3 is 2.22 bits per heavy atom. The maximum Gasteiger partial charge on any atom is 0.435 e. The van der Waals surface area contributed by atoms with Gasteiger partial charge < -0.3 is 9.74 Å². The van der Waals surface area contributed by atoms with Crippen LogP contribution in [0.3, 0.4) is 0 Å². The predicted molar refractivity (Wildman–Crippen MR) is 131 cm³/mol. The molecule has 5 nitrogen and oxygen atoms in total. The van der Waals surface area contributed by atoms with Gasteiger partial charge in [0, 0.05) is 29.9 Å². The number of amides is 1. The van der Waals surface area contributed by atoms with Crippen molar-refractivity contribution in [2.45, 2.75) is 30.4 Å². The minimum Gasteiger partial charge on any atom is -0.374 e. The minimum absolute atomic E-state index is 0.0289. The van der Waals surface area contributed by atoms with Crippen LogP contribution >= 0.6 is 34.8 Å². The van der Waals surface area contributed by atoms with Crippen LogP contribution in [0.1, 0.15) is 39.5 Å². The Labute approximate surface area is 223 Å². The molecule has 3 unspecified atom stereocenters. The first kappa shape index (κ1) is 25.8. The number of hydrogen-bond acceptors (Lipinski definition) is 4. The lowest BCUT2D eigenvalue weighted by molar-refractivity contribution is -0.275. The summed E-state index contributed by atoms with van der Waals surface area (Å²) in [5.74, 6) is -0.339. The number of aromatic nitrogens is 1. The van der Waals surface area contributed by atoms with Crippen molar-refractivity contribution in [2.75, 3.05) is 6.54 Å². The number of carbonyl (C=O) groups is 1. The molecule has 5 rings (SSSR count). The Morgan fingerprint density at radius 1 is 1.03 bits per heavy atom. The summed E-state index contributed by atoms with van der Waals surface area (Å²) in [6.07, 6.45) is -3.84. The number of rotatable bonds is 4. The summed E-state index contributed by atoms with van der Waals surface area (Å²) in [5, 5.41) is 3.35. The molecule has 2 aliphatic heterocycles. The van der Waals surface area contributed by atoms with Gasteiger partial charge in [0.2, 0.25) is 0 Å². The maximum absolute atomic E-state index is 14.5. The summed E-state index contributed by atoms with van der Waals surface area (Å²) in [6.45, 7) is -0.0611. The average Bonchev–Trinajstić information content (AvgIpc) is 3.33. The second-order valence-electron chi connectivity index (χ2n) is 8.66. The summed E-state index contributed by atoms with van der Waals surface area (Å²) in [5.41, 5.74) is -1.89. The van der Waals surface area contributed by atoms with E-state index in [-0.39, 0.29) is 38.8 Å². The molecule has 1 fully saturated rings. The first-order valence-electron chi connectivity index (χ1n) is 10.9. The van der Waals surface area contributed by atoms with Gasteiger partial charge in [0.05, 0.1) is 33.4 Å². The molecule has 0 saturated carbocycles. The van der Waals surface area contributed by atoms with Crippen molar-refractivity contribution >= 4 is 46.4 Å². The van der Waals surface area contributed by atoms with Crippen LogP contribution in [0, 0.1) is 0 Å². The normalized spacial score (nSPS) is 23.3. The molecular weight excluding hydrogens is 557 g/mol. The molecule has 1 aromatic heterocycles. The van der Waals surface area contributed by atoms with E-state index < -0.39 is 30.4 Å². The van der Waals surface area contributed by atoms with Crippen molar-refractivity contribution in [3.8, 4) is 0 Å². The number of carbonyl (C=O) groups excluding carboxylic acids is 1. The van der Waals surface area contributed by atoms with Gasteiger partial charge in [-0.15, -0.1) is 0 Å². The second kappa shape index (κ2) is 9.45. The smallest absolute Gasteiger partial charge is 0.374 e. The molecule has 37 heavy (non-hydrogen) atoms. The summed E-state index contributed by atoms with van der Waals surface area (Å²) in [7, 11) is 0. The van der Waals surface area contributed by atoms with E-state index in [4.69, 9.17) is 39.6 Å². The van der Waals surface area contributed by atoms with Crippen LogP contribution in [0.25, 0.3) is 0 Å². The highest BCUT2D eigenvalue weighted by molar-refractivity contribution is 6.48. The molecule has 0 spiro atoms. The van der Waals surface area contributed by atoms with Gasteiger partial charge in [-0.3, -0.25) is 9.78 Å². The fraction of sp³-hybridized carbons (Fsp3) is 0.240. The fourth-order valence-electron chi connectivity index (χ4n) is 4.44. The largest absolute Gasteiger partial charge is 0.435 e. The van der Waals surface area contributed by atoms with Gasteiger partial charge in [-0.25, -0.2) is 4.39 Å². The van der Waals surface area contributed by atoms with Crippen LogP contribution in [0.4, 0.5) is 17.6 Å². The minimum atomic E-state index is -4.86. The molecule has 0 aliphatic carbocycles. The molecule has 2 aliphatic rings. The topological polar surface area (TPSA) is 54.8 Å². The molecule has 192 valence electrons. The lowest BCUT2D eigenvalue weighted by Crippen LogP contribution is -2.54. The van der Waals surface area contributed by atoms with E-state index in [1.807, 2.05) is 0 Å². The van der Waals surface area contributed by atoms with Crippen LogP contribution < -0.4 is 0 Å². The number of benzene rings is 2. The van der Waals surface area contributed by atoms with Gasteiger partial charge in [-0.2, -0.15) is 13.2 Å².